The molecule has 0 aliphatic carbocycles. The van der Waals surface area contributed by atoms with E-state index in [1.807, 2.05) is 0 Å². The molecule has 1 aliphatic rings. The van der Waals surface area contributed by atoms with Crippen molar-refractivity contribution in [3.05, 3.63) is 64.4 Å². The first-order valence-electron chi connectivity index (χ1n) is 9.88. The second-order valence-corrected chi connectivity index (χ2v) is 10.1. The van der Waals surface area contributed by atoms with Crippen LogP contribution in [0.25, 0.3) is 11.5 Å². The second kappa shape index (κ2) is 9.19. The topological polar surface area (TPSA) is 96.6 Å². The van der Waals surface area contributed by atoms with Crippen molar-refractivity contribution in [3.8, 4) is 11.5 Å². The maximum atomic E-state index is 12.9. The summed E-state index contributed by atoms with van der Waals surface area (Å²) in [4.78, 5) is 18.9. The Bertz CT molecular complexity index is 1230. The number of carbonyl (C=O) groups excluding carboxylic acids is 1. The van der Waals surface area contributed by atoms with Crippen molar-refractivity contribution in [1.82, 2.24) is 19.3 Å². The van der Waals surface area contributed by atoms with E-state index in [1.54, 1.807) is 60.4 Å². The van der Waals surface area contributed by atoms with E-state index in [9.17, 15) is 13.2 Å². The smallest absolute Gasteiger partial charge is 0.257 e. The molecule has 11 heteroatoms. The Morgan fingerprint density at radius 3 is 2.56 bits per heavy atom. The molecule has 0 radical (unpaired) electrons. The molecule has 0 bridgehead atoms. The van der Waals surface area contributed by atoms with E-state index >= 15 is 0 Å². The highest BCUT2D eigenvalue weighted by Gasteiger charge is 2.35. The van der Waals surface area contributed by atoms with Crippen LogP contribution in [0.1, 0.15) is 12.7 Å². The Morgan fingerprint density at radius 2 is 1.88 bits per heavy atom. The third kappa shape index (κ3) is 4.66. The fourth-order valence-corrected chi connectivity index (χ4v) is 5.50. The van der Waals surface area contributed by atoms with Gasteiger partial charge in [0, 0.05) is 31.2 Å². The second-order valence-electron chi connectivity index (χ2n) is 7.44. The van der Waals surface area contributed by atoms with Crippen LogP contribution in [-0.2, 0) is 21.2 Å². The summed E-state index contributed by atoms with van der Waals surface area (Å²) in [6, 6.07) is 12.8. The van der Waals surface area contributed by atoms with Crippen LogP contribution in [0, 0.1) is 0 Å². The molecule has 1 atom stereocenters. The third-order valence-corrected chi connectivity index (χ3v) is 7.98. The molecular formula is C21H20Cl2N4O4S. The van der Waals surface area contributed by atoms with E-state index in [2.05, 4.69) is 10.1 Å². The molecule has 1 fully saturated rings. The van der Waals surface area contributed by atoms with Crippen molar-refractivity contribution < 1.29 is 17.7 Å². The van der Waals surface area contributed by atoms with Gasteiger partial charge in [0.2, 0.25) is 15.9 Å². The lowest BCUT2D eigenvalue weighted by molar-refractivity contribution is -0.132. The molecule has 1 aromatic heterocycles. The Balaban J connectivity index is 1.40. The quantitative estimate of drug-likeness (QED) is 0.538. The summed E-state index contributed by atoms with van der Waals surface area (Å²) in [5.41, 5.74) is 0.596. The molecule has 0 spiro atoms. The van der Waals surface area contributed by atoms with Crippen LogP contribution >= 0.6 is 23.2 Å². The zero-order chi connectivity index (χ0) is 22.9. The van der Waals surface area contributed by atoms with Crippen LogP contribution in [0.3, 0.4) is 0 Å². The largest absolute Gasteiger partial charge is 0.339 e. The Hall–Kier alpha value is -2.46. The molecule has 8 nitrogen and oxygen atoms in total. The maximum absolute atomic E-state index is 12.9. The molecule has 1 amide bonds. The monoisotopic (exact) mass is 494 g/mol. The predicted molar refractivity (Wildman–Crippen MR) is 120 cm³/mol. The zero-order valence-corrected chi connectivity index (χ0v) is 19.4. The van der Waals surface area contributed by atoms with Gasteiger partial charge in [0.15, 0.2) is 5.82 Å². The number of carbonyl (C=O) groups is 1. The average Bonchev–Trinajstić information content (AvgIpc) is 3.24. The summed E-state index contributed by atoms with van der Waals surface area (Å²) >= 11 is 11.9. The lowest BCUT2D eigenvalue weighted by Gasteiger charge is -2.38. The fraction of sp³-hybridized carbons (Fsp3) is 0.286. The molecule has 2 heterocycles. The summed E-state index contributed by atoms with van der Waals surface area (Å²) in [5.74, 6) is 0.275. The standard InChI is InChI=1S/C21H20Cl2N4O4S/c1-14-13-26(9-10-27(14)32(29,30)16-5-3-2-4-6-16)20(28)12-19-24-21(31-25-19)15-7-8-17(22)18(23)11-15/h2-8,11,14H,9-10,12-13H2,1H3. The van der Waals surface area contributed by atoms with Gasteiger partial charge in [0.05, 0.1) is 21.4 Å². The molecule has 32 heavy (non-hydrogen) atoms. The van der Waals surface area contributed by atoms with Crippen molar-refractivity contribution in [2.75, 3.05) is 19.6 Å². The minimum Gasteiger partial charge on any atom is -0.339 e. The van der Waals surface area contributed by atoms with E-state index < -0.39 is 10.0 Å². The van der Waals surface area contributed by atoms with Gasteiger partial charge in [-0.1, -0.05) is 46.6 Å². The molecule has 168 valence electrons. The number of amides is 1. The highest BCUT2D eigenvalue weighted by Crippen LogP contribution is 2.28. The number of hydrogen-bond acceptors (Lipinski definition) is 6. The molecule has 0 saturated carbocycles. The van der Waals surface area contributed by atoms with E-state index in [0.29, 0.717) is 15.6 Å². The van der Waals surface area contributed by atoms with Crippen molar-refractivity contribution in [2.24, 2.45) is 0 Å². The number of aromatic nitrogens is 2. The van der Waals surface area contributed by atoms with Crippen LogP contribution in [-0.4, -0.2) is 59.3 Å². The Kier molecular flexibility index (Phi) is 6.52. The molecule has 4 rings (SSSR count). The average molecular weight is 495 g/mol. The third-order valence-electron chi connectivity index (χ3n) is 5.21. The normalized spacial score (nSPS) is 17.5. The van der Waals surface area contributed by atoms with Gasteiger partial charge in [0.25, 0.3) is 5.89 Å². The van der Waals surface area contributed by atoms with Gasteiger partial charge in [-0.3, -0.25) is 4.79 Å². The number of rotatable bonds is 5. The number of hydrogen-bond donors (Lipinski definition) is 0. The van der Waals surface area contributed by atoms with E-state index in [0.717, 1.165) is 0 Å². The lowest BCUT2D eigenvalue weighted by atomic mass is 10.2. The molecule has 2 aromatic carbocycles. The summed E-state index contributed by atoms with van der Waals surface area (Å²) < 4.78 is 32.5. The first kappa shape index (κ1) is 22.7. The number of halogens is 2. The SMILES string of the molecule is CC1CN(C(=O)Cc2noc(-c3ccc(Cl)c(Cl)c3)n2)CCN1S(=O)(=O)c1ccccc1. The van der Waals surface area contributed by atoms with Crippen molar-refractivity contribution in [3.63, 3.8) is 0 Å². The summed E-state index contributed by atoms with van der Waals surface area (Å²) in [6.45, 7) is 2.57. The van der Waals surface area contributed by atoms with Crippen molar-refractivity contribution in [2.45, 2.75) is 24.3 Å². The maximum Gasteiger partial charge on any atom is 0.257 e. The first-order chi connectivity index (χ1) is 15.3. The van der Waals surface area contributed by atoms with Crippen LogP contribution in [0.2, 0.25) is 10.0 Å². The number of piperazine rings is 1. The van der Waals surface area contributed by atoms with Gasteiger partial charge >= 0.3 is 0 Å². The van der Waals surface area contributed by atoms with Gasteiger partial charge in [0.1, 0.15) is 0 Å². The van der Waals surface area contributed by atoms with Crippen molar-refractivity contribution >= 4 is 39.1 Å². The molecule has 1 saturated heterocycles. The van der Waals surface area contributed by atoms with Crippen LogP contribution in [0.5, 0.6) is 0 Å². The van der Waals surface area contributed by atoms with Gasteiger partial charge in [-0.2, -0.15) is 9.29 Å². The lowest BCUT2D eigenvalue weighted by Crippen LogP contribution is -2.55. The Morgan fingerprint density at radius 1 is 1.12 bits per heavy atom. The van der Waals surface area contributed by atoms with Gasteiger partial charge in [-0.15, -0.1) is 0 Å². The minimum absolute atomic E-state index is 0.0526. The number of sulfonamides is 1. The summed E-state index contributed by atoms with van der Waals surface area (Å²) in [6.07, 6.45) is -0.0526. The molecular weight excluding hydrogens is 475 g/mol. The fourth-order valence-electron chi connectivity index (χ4n) is 3.57. The predicted octanol–water partition coefficient (Wildman–Crippen LogP) is 3.51. The minimum atomic E-state index is -3.62. The van der Waals surface area contributed by atoms with Gasteiger partial charge in [-0.05, 0) is 37.3 Å². The zero-order valence-electron chi connectivity index (χ0n) is 17.1. The highest BCUT2D eigenvalue weighted by molar-refractivity contribution is 7.89. The first-order valence-corrected chi connectivity index (χ1v) is 12.1. The van der Waals surface area contributed by atoms with Crippen LogP contribution in [0.4, 0.5) is 0 Å². The molecule has 1 unspecified atom stereocenters. The van der Waals surface area contributed by atoms with Gasteiger partial charge < -0.3 is 9.42 Å². The molecule has 3 aromatic rings. The molecule has 0 N–H and O–H groups in total. The number of nitrogens with zero attached hydrogens (tertiary/aromatic N) is 4. The molecule has 1 aliphatic heterocycles. The van der Waals surface area contributed by atoms with Gasteiger partial charge in [-0.25, -0.2) is 8.42 Å². The highest BCUT2D eigenvalue weighted by atomic mass is 35.5. The Labute approximate surface area is 195 Å². The van der Waals surface area contributed by atoms with E-state index in [4.69, 9.17) is 27.7 Å². The number of benzene rings is 2. The van der Waals surface area contributed by atoms with E-state index in [1.165, 1.54) is 4.31 Å². The van der Waals surface area contributed by atoms with Crippen LogP contribution < -0.4 is 0 Å². The summed E-state index contributed by atoms with van der Waals surface area (Å²) in [5, 5.41) is 4.65. The summed E-state index contributed by atoms with van der Waals surface area (Å²) in [7, 11) is -3.62. The van der Waals surface area contributed by atoms with E-state index in [-0.39, 0.29) is 54.6 Å². The van der Waals surface area contributed by atoms with Crippen molar-refractivity contribution in [1.29, 1.82) is 0 Å². The van der Waals surface area contributed by atoms with Crippen LogP contribution in [0.15, 0.2) is 57.9 Å².